The van der Waals surface area contributed by atoms with E-state index in [-0.39, 0.29) is 29.3 Å². The Morgan fingerprint density at radius 1 is 1.33 bits per heavy atom. The molecule has 0 bridgehead atoms. The summed E-state index contributed by atoms with van der Waals surface area (Å²) in [7, 11) is 0. The number of phenols is 1. The van der Waals surface area contributed by atoms with Crippen molar-refractivity contribution in [3.05, 3.63) is 23.2 Å². The maximum absolute atomic E-state index is 12.7. The first kappa shape index (κ1) is 15.9. The second kappa shape index (κ2) is 6.13. The van der Waals surface area contributed by atoms with Crippen molar-refractivity contribution in [1.82, 2.24) is 0 Å². The number of halogens is 4. The molecule has 1 fully saturated rings. The zero-order valence-electron chi connectivity index (χ0n) is 11.1. The van der Waals surface area contributed by atoms with E-state index < -0.39 is 23.9 Å². The van der Waals surface area contributed by atoms with Crippen LogP contribution in [-0.2, 0) is 4.79 Å². The fraction of sp³-hybridized carbons (Fsp3) is 0.500. The van der Waals surface area contributed by atoms with Crippen LogP contribution in [0.5, 0.6) is 5.75 Å². The molecular weight excluding hydrogens is 307 g/mol. The number of nitrogens with one attached hydrogen (secondary N) is 1. The largest absolute Gasteiger partial charge is 0.508 e. The van der Waals surface area contributed by atoms with E-state index in [1.165, 1.54) is 18.2 Å². The van der Waals surface area contributed by atoms with Crippen LogP contribution < -0.4 is 5.32 Å². The summed E-state index contributed by atoms with van der Waals surface area (Å²) < 4.78 is 38.2. The lowest BCUT2D eigenvalue weighted by Gasteiger charge is -2.29. The van der Waals surface area contributed by atoms with Crippen LogP contribution in [0.1, 0.15) is 25.7 Å². The summed E-state index contributed by atoms with van der Waals surface area (Å²) in [6.45, 7) is 0. The zero-order valence-corrected chi connectivity index (χ0v) is 11.8. The van der Waals surface area contributed by atoms with Crippen LogP contribution in [0.25, 0.3) is 0 Å². The van der Waals surface area contributed by atoms with Crippen LogP contribution >= 0.6 is 11.6 Å². The number of aromatic hydroxyl groups is 1. The molecule has 1 saturated carbocycles. The second-order valence-corrected chi connectivity index (χ2v) is 5.66. The van der Waals surface area contributed by atoms with E-state index in [1.54, 1.807) is 0 Å². The topological polar surface area (TPSA) is 49.3 Å². The highest BCUT2D eigenvalue weighted by Gasteiger charge is 2.43. The molecular formula is C14H15ClF3NO2. The molecule has 1 aliphatic carbocycles. The molecule has 0 aliphatic heterocycles. The molecule has 2 rings (SSSR count). The molecule has 0 aromatic heterocycles. The fourth-order valence-electron chi connectivity index (χ4n) is 2.57. The van der Waals surface area contributed by atoms with Gasteiger partial charge in [0.25, 0.3) is 0 Å². The van der Waals surface area contributed by atoms with Crippen molar-refractivity contribution >= 4 is 23.2 Å². The average molecular weight is 322 g/mol. The minimum absolute atomic E-state index is 0.0483. The number of benzene rings is 1. The van der Waals surface area contributed by atoms with E-state index in [2.05, 4.69) is 5.32 Å². The highest BCUT2D eigenvalue weighted by molar-refractivity contribution is 6.33. The lowest BCUT2D eigenvalue weighted by molar-refractivity contribution is -0.185. The number of carbonyl (C=O) groups excluding carboxylic acids is 1. The summed E-state index contributed by atoms with van der Waals surface area (Å²) in [5.41, 5.74) is 0.286. The summed E-state index contributed by atoms with van der Waals surface area (Å²) in [6.07, 6.45) is -3.55. The van der Waals surface area contributed by atoms with Crippen LogP contribution in [-0.4, -0.2) is 17.2 Å². The van der Waals surface area contributed by atoms with Crippen LogP contribution in [0.15, 0.2) is 18.2 Å². The van der Waals surface area contributed by atoms with Crippen LogP contribution in [0.3, 0.4) is 0 Å². The van der Waals surface area contributed by atoms with E-state index in [0.29, 0.717) is 12.8 Å². The first-order valence-corrected chi connectivity index (χ1v) is 7.01. The third-order valence-corrected chi connectivity index (χ3v) is 4.03. The number of anilines is 1. The molecule has 0 spiro atoms. The normalized spacial score (nSPS) is 22.9. The van der Waals surface area contributed by atoms with Crippen molar-refractivity contribution in [3.63, 3.8) is 0 Å². The van der Waals surface area contributed by atoms with E-state index >= 15 is 0 Å². The first-order valence-electron chi connectivity index (χ1n) is 6.63. The minimum Gasteiger partial charge on any atom is -0.508 e. The molecule has 2 unspecified atom stereocenters. The molecule has 0 radical (unpaired) electrons. The van der Waals surface area contributed by atoms with Gasteiger partial charge in [-0.2, -0.15) is 13.2 Å². The zero-order chi connectivity index (χ0) is 15.6. The molecule has 2 N–H and O–H groups in total. The van der Waals surface area contributed by atoms with Gasteiger partial charge in [-0.3, -0.25) is 4.79 Å². The highest BCUT2D eigenvalue weighted by atomic mass is 35.5. The van der Waals surface area contributed by atoms with Crippen molar-refractivity contribution in [3.8, 4) is 5.75 Å². The lowest BCUT2D eigenvalue weighted by atomic mass is 9.80. The quantitative estimate of drug-likeness (QED) is 0.795. The third kappa shape index (κ3) is 4.03. The Morgan fingerprint density at radius 3 is 2.67 bits per heavy atom. The molecule has 7 heteroatoms. The van der Waals surface area contributed by atoms with Crippen LogP contribution in [0.4, 0.5) is 18.9 Å². The predicted octanol–water partition coefficient (Wildman–Crippen LogP) is 4.35. The number of alkyl halides is 3. The van der Waals surface area contributed by atoms with Gasteiger partial charge < -0.3 is 10.4 Å². The summed E-state index contributed by atoms with van der Waals surface area (Å²) in [4.78, 5) is 12.1. The summed E-state index contributed by atoms with van der Waals surface area (Å²) in [6, 6.07) is 4.02. The SMILES string of the molecule is O=C(Nc1ccc(O)cc1Cl)C1CCCC(C(F)(F)F)C1. The van der Waals surface area contributed by atoms with Gasteiger partial charge in [-0.05, 0) is 31.4 Å². The van der Waals surface area contributed by atoms with E-state index in [1.807, 2.05) is 0 Å². The fourth-order valence-corrected chi connectivity index (χ4v) is 2.79. The molecule has 116 valence electrons. The number of carbonyl (C=O) groups is 1. The molecule has 3 nitrogen and oxygen atoms in total. The Bertz CT molecular complexity index is 533. The van der Waals surface area contributed by atoms with Gasteiger partial charge in [-0.1, -0.05) is 18.0 Å². The van der Waals surface area contributed by atoms with E-state index in [0.717, 1.165) is 0 Å². The number of hydrogen-bond acceptors (Lipinski definition) is 2. The second-order valence-electron chi connectivity index (χ2n) is 5.26. The molecule has 0 heterocycles. The first-order chi connectivity index (χ1) is 9.77. The van der Waals surface area contributed by atoms with Crippen LogP contribution in [0, 0.1) is 11.8 Å². The van der Waals surface area contributed by atoms with Crippen molar-refractivity contribution in [2.24, 2.45) is 11.8 Å². The van der Waals surface area contributed by atoms with Gasteiger partial charge >= 0.3 is 6.18 Å². The Balaban J connectivity index is 2.03. The van der Waals surface area contributed by atoms with Crippen molar-refractivity contribution < 1.29 is 23.1 Å². The van der Waals surface area contributed by atoms with Gasteiger partial charge in [-0.25, -0.2) is 0 Å². The van der Waals surface area contributed by atoms with Crippen molar-refractivity contribution in [2.45, 2.75) is 31.9 Å². The summed E-state index contributed by atoms with van der Waals surface area (Å²) >= 11 is 5.86. The smallest absolute Gasteiger partial charge is 0.391 e. The Kier molecular flexibility index (Phi) is 4.66. The molecule has 0 saturated heterocycles. The molecule has 1 aromatic rings. The van der Waals surface area contributed by atoms with Gasteiger partial charge in [-0.15, -0.1) is 0 Å². The van der Waals surface area contributed by atoms with E-state index in [9.17, 15) is 23.1 Å². The predicted molar refractivity (Wildman–Crippen MR) is 73.2 cm³/mol. The third-order valence-electron chi connectivity index (χ3n) is 3.72. The van der Waals surface area contributed by atoms with Crippen LogP contribution in [0.2, 0.25) is 5.02 Å². The molecule has 1 amide bonds. The van der Waals surface area contributed by atoms with Crippen molar-refractivity contribution in [2.75, 3.05) is 5.32 Å². The van der Waals surface area contributed by atoms with E-state index in [4.69, 9.17) is 11.6 Å². The van der Waals surface area contributed by atoms with Gasteiger partial charge in [0.1, 0.15) is 5.75 Å². The Morgan fingerprint density at radius 2 is 2.05 bits per heavy atom. The lowest BCUT2D eigenvalue weighted by Crippen LogP contribution is -2.34. The van der Waals surface area contributed by atoms with Gasteiger partial charge in [0.15, 0.2) is 0 Å². The summed E-state index contributed by atoms with van der Waals surface area (Å²) in [5.74, 6) is -2.60. The number of rotatable bonds is 2. The van der Waals surface area contributed by atoms with Gasteiger partial charge in [0.05, 0.1) is 16.6 Å². The van der Waals surface area contributed by atoms with Gasteiger partial charge in [0.2, 0.25) is 5.91 Å². The molecule has 1 aromatic carbocycles. The molecule has 21 heavy (non-hydrogen) atoms. The van der Waals surface area contributed by atoms with Crippen molar-refractivity contribution in [1.29, 1.82) is 0 Å². The number of hydrogen-bond donors (Lipinski definition) is 2. The minimum atomic E-state index is -4.25. The molecule has 2 atom stereocenters. The maximum atomic E-state index is 12.7. The molecule has 1 aliphatic rings. The average Bonchev–Trinajstić information content (AvgIpc) is 2.41. The number of amides is 1. The van der Waals surface area contributed by atoms with Gasteiger partial charge in [0, 0.05) is 12.0 Å². The highest BCUT2D eigenvalue weighted by Crippen LogP contribution is 2.40. The Hall–Kier alpha value is -1.43. The maximum Gasteiger partial charge on any atom is 0.391 e. The Labute approximate surface area is 125 Å². The number of phenolic OH excluding ortho intramolecular Hbond substituents is 1. The standard InChI is InChI=1S/C14H15ClF3NO2/c15-11-7-10(20)4-5-12(11)19-13(21)8-2-1-3-9(6-8)14(16,17)18/h4-5,7-9,20H,1-3,6H2,(H,19,21). The monoisotopic (exact) mass is 321 g/mol. The summed E-state index contributed by atoms with van der Waals surface area (Å²) in [5, 5.41) is 11.9.